The highest BCUT2D eigenvalue weighted by Crippen LogP contribution is 2.51. The second-order valence-electron chi connectivity index (χ2n) is 11.8. The van der Waals surface area contributed by atoms with Gasteiger partial charge in [0, 0.05) is 35.3 Å². The Morgan fingerprint density at radius 2 is 1.83 bits per heavy atom. The average molecular weight is 470 g/mol. The van der Waals surface area contributed by atoms with E-state index in [1.807, 2.05) is 42.5 Å². The van der Waals surface area contributed by atoms with Crippen molar-refractivity contribution in [2.45, 2.75) is 50.0 Å². The summed E-state index contributed by atoms with van der Waals surface area (Å²) in [4.78, 5) is 13.3. The quantitative estimate of drug-likeness (QED) is 0.475. The van der Waals surface area contributed by atoms with Crippen LogP contribution in [-0.4, -0.2) is 48.2 Å². The first-order valence-corrected chi connectivity index (χ1v) is 13.4. The molecule has 182 valence electrons. The molecule has 1 heterocycles. The first-order valence-electron chi connectivity index (χ1n) is 13.4. The van der Waals surface area contributed by atoms with Crippen molar-refractivity contribution < 1.29 is 14.4 Å². The number of carbonyl (C=O) groups is 1. The molecule has 0 spiro atoms. The number of benzene rings is 3. The minimum atomic E-state index is 0.0135. The van der Waals surface area contributed by atoms with Gasteiger partial charge in [-0.15, -0.1) is 0 Å². The number of phenols is 1. The Hall–Kier alpha value is -2.85. The zero-order valence-electron chi connectivity index (χ0n) is 20.7. The van der Waals surface area contributed by atoms with Crippen molar-refractivity contribution in [3.63, 3.8) is 0 Å². The molecule has 3 aliphatic rings. The minimum Gasteiger partial charge on any atom is -0.508 e. The van der Waals surface area contributed by atoms with Crippen molar-refractivity contribution in [3.8, 4) is 5.75 Å². The molecule has 4 nitrogen and oxygen atoms in total. The predicted octanol–water partition coefficient (Wildman–Crippen LogP) is 5.64. The van der Waals surface area contributed by atoms with E-state index in [9.17, 15) is 9.90 Å². The Bertz CT molecular complexity index is 1250. The molecule has 35 heavy (non-hydrogen) atoms. The largest absolute Gasteiger partial charge is 0.508 e. The molecular formula is C31H37N2O2+. The third-order valence-corrected chi connectivity index (χ3v) is 9.18. The zero-order chi connectivity index (χ0) is 24.0. The van der Waals surface area contributed by atoms with Gasteiger partial charge in [0.2, 0.25) is 0 Å². The number of nitrogens with zero attached hydrogens (tertiary/aromatic N) is 1. The second kappa shape index (κ2) is 8.67. The summed E-state index contributed by atoms with van der Waals surface area (Å²) in [6, 6.07) is 22.3. The van der Waals surface area contributed by atoms with Gasteiger partial charge in [0.15, 0.2) is 0 Å². The lowest BCUT2D eigenvalue weighted by atomic mass is 9.57. The summed E-state index contributed by atoms with van der Waals surface area (Å²) in [5.41, 5.74) is 2.00. The van der Waals surface area contributed by atoms with Crippen molar-refractivity contribution in [3.05, 3.63) is 77.9 Å². The molecule has 2 aliphatic carbocycles. The fraction of sp³-hybridized carbons (Fsp3) is 0.452. The normalized spacial score (nSPS) is 30.5. The molecule has 0 radical (unpaired) electrons. The Morgan fingerprint density at radius 3 is 2.63 bits per heavy atom. The molecule has 1 saturated heterocycles. The van der Waals surface area contributed by atoms with Crippen LogP contribution < -0.4 is 5.32 Å². The van der Waals surface area contributed by atoms with E-state index in [1.165, 1.54) is 42.5 Å². The minimum absolute atomic E-state index is 0.0135. The SMILES string of the molecule is C[N@+]1(CC2CC2)CC[C@@]2(c3cccc(O)c3)C[C@@H](NC(=O)c3ccc4ccccc4c3)CCC2C1. The van der Waals surface area contributed by atoms with Crippen LogP contribution in [0.4, 0.5) is 0 Å². The molecule has 3 aromatic rings. The van der Waals surface area contributed by atoms with Gasteiger partial charge in [-0.05, 0) is 72.7 Å². The lowest BCUT2D eigenvalue weighted by Gasteiger charge is -2.55. The summed E-state index contributed by atoms with van der Waals surface area (Å²) >= 11 is 0. The van der Waals surface area contributed by atoms with Crippen LogP contribution in [0.1, 0.15) is 54.4 Å². The summed E-state index contributed by atoms with van der Waals surface area (Å²) in [6.07, 6.45) is 7.01. The van der Waals surface area contributed by atoms with Crippen molar-refractivity contribution >= 4 is 16.7 Å². The fourth-order valence-corrected chi connectivity index (χ4v) is 7.18. The van der Waals surface area contributed by atoms with Gasteiger partial charge in [0.1, 0.15) is 5.75 Å². The van der Waals surface area contributed by atoms with Gasteiger partial charge in [-0.1, -0.05) is 42.5 Å². The molecule has 4 heteroatoms. The van der Waals surface area contributed by atoms with E-state index in [0.29, 0.717) is 11.7 Å². The maximum absolute atomic E-state index is 13.3. The third-order valence-electron chi connectivity index (χ3n) is 9.18. The summed E-state index contributed by atoms with van der Waals surface area (Å²) < 4.78 is 1.18. The van der Waals surface area contributed by atoms with Gasteiger partial charge < -0.3 is 14.9 Å². The number of quaternary nitrogens is 1. The molecule has 2 N–H and O–H groups in total. The molecule has 2 saturated carbocycles. The van der Waals surface area contributed by atoms with Gasteiger partial charge in [-0.3, -0.25) is 4.79 Å². The summed E-state index contributed by atoms with van der Waals surface area (Å²) in [6.45, 7) is 3.69. The predicted molar refractivity (Wildman–Crippen MR) is 140 cm³/mol. The van der Waals surface area contributed by atoms with Gasteiger partial charge in [0.25, 0.3) is 5.91 Å². The van der Waals surface area contributed by atoms with E-state index in [2.05, 4.69) is 30.6 Å². The van der Waals surface area contributed by atoms with Crippen molar-refractivity contribution in [2.75, 3.05) is 26.7 Å². The molecule has 0 bridgehead atoms. The highest BCUT2D eigenvalue weighted by atomic mass is 16.3. The fourth-order valence-electron chi connectivity index (χ4n) is 7.18. The van der Waals surface area contributed by atoms with Crippen LogP contribution in [0.15, 0.2) is 66.7 Å². The number of hydrogen-bond acceptors (Lipinski definition) is 2. The molecule has 4 atom stereocenters. The highest BCUT2D eigenvalue weighted by Gasteiger charge is 2.53. The van der Waals surface area contributed by atoms with Crippen LogP contribution in [0.2, 0.25) is 0 Å². The van der Waals surface area contributed by atoms with Crippen LogP contribution in [0.25, 0.3) is 10.8 Å². The van der Waals surface area contributed by atoms with E-state index >= 15 is 0 Å². The topological polar surface area (TPSA) is 49.3 Å². The van der Waals surface area contributed by atoms with E-state index in [1.54, 1.807) is 6.07 Å². The zero-order valence-corrected chi connectivity index (χ0v) is 20.7. The van der Waals surface area contributed by atoms with Crippen LogP contribution in [0.5, 0.6) is 5.75 Å². The smallest absolute Gasteiger partial charge is 0.251 e. The van der Waals surface area contributed by atoms with E-state index in [-0.39, 0.29) is 17.4 Å². The number of piperidine rings is 1. The van der Waals surface area contributed by atoms with Gasteiger partial charge in [-0.25, -0.2) is 0 Å². The van der Waals surface area contributed by atoms with Crippen molar-refractivity contribution in [2.24, 2.45) is 11.8 Å². The van der Waals surface area contributed by atoms with Gasteiger partial charge in [-0.2, -0.15) is 0 Å². The summed E-state index contributed by atoms with van der Waals surface area (Å²) in [5, 5.41) is 16.0. The van der Waals surface area contributed by atoms with Crippen molar-refractivity contribution in [1.82, 2.24) is 5.32 Å². The number of rotatable bonds is 5. The number of nitrogens with one attached hydrogen (secondary N) is 1. The number of likely N-dealkylation sites (tertiary alicyclic amines) is 1. The average Bonchev–Trinajstić information content (AvgIpc) is 3.67. The Balaban J connectivity index is 1.25. The molecule has 0 aromatic heterocycles. The number of carbonyl (C=O) groups excluding carboxylic acids is 1. The van der Waals surface area contributed by atoms with Crippen LogP contribution >= 0.6 is 0 Å². The molecule has 6 rings (SSSR count). The van der Waals surface area contributed by atoms with Crippen LogP contribution in [0, 0.1) is 11.8 Å². The van der Waals surface area contributed by atoms with Crippen LogP contribution in [0.3, 0.4) is 0 Å². The van der Waals surface area contributed by atoms with Gasteiger partial charge >= 0.3 is 0 Å². The molecule has 1 amide bonds. The van der Waals surface area contributed by atoms with E-state index in [4.69, 9.17) is 0 Å². The lowest BCUT2D eigenvalue weighted by molar-refractivity contribution is -0.921. The highest BCUT2D eigenvalue weighted by molar-refractivity contribution is 5.98. The summed E-state index contributed by atoms with van der Waals surface area (Å²) in [5.74, 6) is 1.87. The first-order chi connectivity index (χ1) is 16.9. The summed E-state index contributed by atoms with van der Waals surface area (Å²) in [7, 11) is 2.46. The first kappa shape index (κ1) is 22.6. The lowest BCUT2D eigenvalue weighted by Crippen LogP contribution is -2.62. The van der Waals surface area contributed by atoms with Crippen LogP contribution in [-0.2, 0) is 5.41 Å². The Morgan fingerprint density at radius 1 is 1.00 bits per heavy atom. The monoisotopic (exact) mass is 469 g/mol. The maximum atomic E-state index is 13.3. The standard InChI is InChI=1S/C31H36N2O2/c1-33(20-22-9-10-22)16-15-31(26-7-4-8-29(34)18-26)19-28(14-13-27(31)21-33)32-30(35)25-12-11-23-5-2-3-6-24(23)17-25/h2-8,11-12,17-18,22,27-28H,9-10,13-16,19-21H2,1H3,(H-,32,34,35)/p+1/t27?,28-,31-,33+/m0/s1. The number of amides is 1. The Labute approximate surface area is 208 Å². The molecule has 3 fully saturated rings. The number of aromatic hydroxyl groups is 1. The van der Waals surface area contributed by atoms with E-state index < -0.39 is 0 Å². The molecule has 3 aromatic carbocycles. The number of fused-ring (bicyclic) bond motifs is 2. The van der Waals surface area contributed by atoms with E-state index in [0.717, 1.165) is 47.9 Å². The molecular weight excluding hydrogens is 432 g/mol. The number of phenolic OH excluding ortho intramolecular Hbond substituents is 1. The Kier molecular flexibility index (Phi) is 5.60. The number of hydrogen-bond donors (Lipinski definition) is 2. The molecule has 1 unspecified atom stereocenters. The van der Waals surface area contributed by atoms with Crippen molar-refractivity contribution in [1.29, 1.82) is 0 Å². The second-order valence-corrected chi connectivity index (χ2v) is 11.8. The molecule has 1 aliphatic heterocycles. The van der Waals surface area contributed by atoms with Gasteiger partial charge in [0.05, 0.1) is 26.7 Å². The maximum Gasteiger partial charge on any atom is 0.251 e. The third kappa shape index (κ3) is 4.45.